The van der Waals surface area contributed by atoms with Crippen molar-refractivity contribution in [1.82, 2.24) is 9.88 Å². The molecule has 2 heterocycles. The molecule has 130 valence electrons. The first-order valence-corrected chi connectivity index (χ1v) is 8.61. The van der Waals surface area contributed by atoms with E-state index in [-0.39, 0.29) is 11.9 Å². The molecule has 0 radical (unpaired) electrons. The molecule has 1 aliphatic rings. The molecule has 0 saturated heterocycles. The van der Waals surface area contributed by atoms with Gasteiger partial charge in [-0.3, -0.25) is 4.79 Å². The van der Waals surface area contributed by atoms with Gasteiger partial charge in [0.2, 0.25) is 0 Å². The van der Waals surface area contributed by atoms with E-state index in [9.17, 15) is 4.79 Å². The van der Waals surface area contributed by atoms with Gasteiger partial charge in [0.1, 0.15) is 11.5 Å². The number of fused-ring (bicyclic) bond motifs is 1. The molecule has 0 saturated carbocycles. The fraction of sp³-hybridized carbons (Fsp3) is 0.250. The molecule has 0 fully saturated rings. The van der Waals surface area contributed by atoms with Gasteiger partial charge in [0.05, 0.1) is 12.6 Å². The average Bonchev–Trinajstić information content (AvgIpc) is 2.92. The summed E-state index contributed by atoms with van der Waals surface area (Å²) in [5, 5.41) is 4.74. The number of carbonyl (C=O) groups is 1. The first-order chi connectivity index (χ1) is 12.0. The summed E-state index contributed by atoms with van der Waals surface area (Å²) in [4.78, 5) is 12.8. The number of aryl methyl sites for hydroxylation is 1. The molecular formula is C20H21ClN2O2. The third kappa shape index (κ3) is 3.35. The standard InChI is InChI=1S/C20H21ClN2O2/c1-4-6-19-15(5-2)16(9-10-25-19)22-20(24)18-11-13-7-8-14(21)12-17(13)23(18)3/h4-8,11-12,16H,2,9-10H2,1,3H3,(H,22,24)/b6-4-. The number of allylic oxidation sites excluding steroid dienone is 2. The minimum atomic E-state index is -0.124. The average molecular weight is 357 g/mol. The van der Waals surface area contributed by atoms with Crippen LogP contribution in [0.5, 0.6) is 0 Å². The highest BCUT2D eigenvalue weighted by molar-refractivity contribution is 6.31. The van der Waals surface area contributed by atoms with Gasteiger partial charge < -0.3 is 14.6 Å². The fourth-order valence-electron chi connectivity index (χ4n) is 3.14. The maximum Gasteiger partial charge on any atom is 0.268 e. The molecule has 3 rings (SSSR count). The molecule has 25 heavy (non-hydrogen) atoms. The van der Waals surface area contributed by atoms with Crippen LogP contribution in [0.1, 0.15) is 23.8 Å². The van der Waals surface area contributed by atoms with Crippen LogP contribution >= 0.6 is 11.6 Å². The Kier molecular flexibility index (Phi) is 5.00. The molecule has 1 aromatic carbocycles. The quantitative estimate of drug-likeness (QED) is 0.884. The molecule has 0 aliphatic carbocycles. The maximum atomic E-state index is 12.8. The molecule has 1 atom stereocenters. The molecule has 1 unspecified atom stereocenters. The minimum Gasteiger partial charge on any atom is -0.493 e. The minimum absolute atomic E-state index is 0.119. The smallest absolute Gasteiger partial charge is 0.268 e. The summed E-state index contributed by atoms with van der Waals surface area (Å²) in [6, 6.07) is 7.37. The number of hydrogen-bond donors (Lipinski definition) is 1. The monoisotopic (exact) mass is 356 g/mol. The molecule has 1 amide bonds. The third-order valence-electron chi connectivity index (χ3n) is 4.41. The van der Waals surface area contributed by atoms with E-state index in [4.69, 9.17) is 16.3 Å². The molecule has 1 aromatic heterocycles. The molecule has 1 N–H and O–H groups in total. The van der Waals surface area contributed by atoms with Crippen molar-refractivity contribution in [3.05, 3.63) is 71.1 Å². The Morgan fingerprint density at radius 3 is 2.96 bits per heavy atom. The van der Waals surface area contributed by atoms with E-state index < -0.39 is 0 Å². The predicted molar refractivity (Wildman–Crippen MR) is 102 cm³/mol. The van der Waals surface area contributed by atoms with Crippen molar-refractivity contribution in [3.63, 3.8) is 0 Å². The van der Waals surface area contributed by atoms with Crippen LogP contribution in [0, 0.1) is 0 Å². The van der Waals surface area contributed by atoms with E-state index >= 15 is 0 Å². The van der Waals surface area contributed by atoms with Gasteiger partial charge in [0.15, 0.2) is 0 Å². The number of hydrogen-bond acceptors (Lipinski definition) is 2. The van der Waals surface area contributed by atoms with Gasteiger partial charge in [-0.05, 0) is 31.2 Å². The van der Waals surface area contributed by atoms with Crippen LogP contribution in [0.2, 0.25) is 5.02 Å². The number of carbonyl (C=O) groups excluding carboxylic acids is 1. The molecule has 5 heteroatoms. The van der Waals surface area contributed by atoms with E-state index in [0.717, 1.165) is 22.2 Å². The lowest BCUT2D eigenvalue weighted by molar-refractivity contribution is 0.0918. The Hall–Kier alpha value is -2.46. The van der Waals surface area contributed by atoms with Gasteiger partial charge in [-0.25, -0.2) is 0 Å². The van der Waals surface area contributed by atoms with Crippen molar-refractivity contribution >= 4 is 28.4 Å². The summed E-state index contributed by atoms with van der Waals surface area (Å²) >= 11 is 6.07. The Morgan fingerprint density at radius 1 is 1.44 bits per heavy atom. The summed E-state index contributed by atoms with van der Waals surface area (Å²) in [5.74, 6) is 0.638. The van der Waals surface area contributed by atoms with E-state index in [1.807, 2.05) is 55.0 Å². The van der Waals surface area contributed by atoms with Crippen molar-refractivity contribution in [2.75, 3.05) is 6.61 Å². The lowest BCUT2D eigenvalue weighted by Crippen LogP contribution is -2.39. The number of rotatable bonds is 4. The van der Waals surface area contributed by atoms with Crippen LogP contribution in [0.15, 0.2) is 60.4 Å². The Labute approximate surface area is 152 Å². The Morgan fingerprint density at radius 2 is 2.24 bits per heavy atom. The highest BCUT2D eigenvalue weighted by Crippen LogP contribution is 2.25. The van der Waals surface area contributed by atoms with Crippen molar-refractivity contribution in [1.29, 1.82) is 0 Å². The zero-order chi connectivity index (χ0) is 18.0. The highest BCUT2D eigenvalue weighted by atomic mass is 35.5. The normalized spacial score (nSPS) is 17.8. The maximum absolute atomic E-state index is 12.8. The van der Waals surface area contributed by atoms with Crippen LogP contribution in [-0.4, -0.2) is 23.1 Å². The number of aromatic nitrogens is 1. The molecular weight excluding hydrogens is 336 g/mol. The lowest BCUT2D eigenvalue weighted by Gasteiger charge is -2.27. The summed E-state index contributed by atoms with van der Waals surface area (Å²) in [5.41, 5.74) is 2.43. The van der Waals surface area contributed by atoms with E-state index in [0.29, 0.717) is 23.7 Å². The Bertz CT molecular complexity index is 892. The predicted octanol–water partition coefficient (Wildman–Crippen LogP) is 4.37. The van der Waals surface area contributed by atoms with Crippen LogP contribution in [-0.2, 0) is 11.8 Å². The zero-order valence-electron chi connectivity index (χ0n) is 14.4. The SMILES string of the molecule is C=CC1=C(/C=C\C)OCCC1NC(=O)c1cc2ccc(Cl)cc2n1C. The van der Waals surface area contributed by atoms with Crippen molar-refractivity contribution in [2.24, 2.45) is 7.05 Å². The highest BCUT2D eigenvalue weighted by Gasteiger charge is 2.24. The second kappa shape index (κ2) is 7.19. The van der Waals surface area contributed by atoms with Gasteiger partial charge in [-0.15, -0.1) is 0 Å². The van der Waals surface area contributed by atoms with Gasteiger partial charge >= 0.3 is 0 Å². The lowest BCUT2D eigenvalue weighted by atomic mass is 10.00. The first-order valence-electron chi connectivity index (χ1n) is 8.23. The molecule has 0 spiro atoms. The summed E-state index contributed by atoms with van der Waals surface area (Å²) < 4.78 is 7.54. The summed E-state index contributed by atoms with van der Waals surface area (Å²) in [6.45, 7) is 6.36. The van der Waals surface area contributed by atoms with Crippen LogP contribution < -0.4 is 5.32 Å². The molecule has 0 bridgehead atoms. The molecule has 4 nitrogen and oxygen atoms in total. The van der Waals surface area contributed by atoms with Crippen molar-refractivity contribution in [2.45, 2.75) is 19.4 Å². The number of amides is 1. The topological polar surface area (TPSA) is 43.3 Å². The fourth-order valence-corrected chi connectivity index (χ4v) is 3.31. The van der Waals surface area contributed by atoms with Gasteiger partial charge in [0, 0.05) is 35.0 Å². The third-order valence-corrected chi connectivity index (χ3v) is 4.64. The first kappa shape index (κ1) is 17.4. The number of benzene rings is 1. The summed E-state index contributed by atoms with van der Waals surface area (Å²) in [6.07, 6.45) is 6.27. The number of nitrogens with one attached hydrogen (secondary N) is 1. The largest absolute Gasteiger partial charge is 0.493 e. The van der Waals surface area contributed by atoms with Crippen LogP contribution in [0.3, 0.4) is 0 Å². The molecule has 2 aromatic rings. The van der Waals surface area contributed by atoms with E-state index in [1.54, 1.807) is 6.08 Å². The number of halogens is 1. The van der Waals surface area contributed by atoms with Gasteiger partial charge in [0.25, 0.3) is 5.91 Å². The summed E-state index contributed by atoms with van der Waals surface area (Å²) in [7, 11) is 1.87. The zero-order valence-corrected chi connectivity index (χ0v) is 15.1. The number of nitrogens with zero attached hydrogens (tertiary/aromatic N) is 1. The number of ether oxygens (including phenoxy) is 1. The Balaban J connectivity index is 1.90. The van der Waals surface area contributed by atoms with E-state index in [1.165, 1.54) is 0 Å². The van der Waals surface area contributed by atoms with Gasteiger partial charge in [-0.2, -0.15) is 0 Å². The van der Waals surface area contributed by atoms with Crippen molar-refractivity contribution in [3.8, 4) is 0 Å². The van der Waals surface area contributed by atoms with Crippen LogP contribution in [0.4, 0.5) is 0 Å². The molecule has 1 aliphatic heterocycles. The second-order valence-corrected chi connectivity index (χ2v) is 6.42. The van der Waals surface area contributed by atoms with Crippen molar-refractivity contribution < 1.29 is 9.53 Å². The van der Waals surface area contributed by atoms with Crippen LogP contribution in [0.25, 0.3) is 10.9 Å². The van der Waals surface area contributed by atoms with E-state index in [2.05, 4.69) is 11.9 Å². The second-order valence-electron chi connectivity index (χ2n) is 5.98. The van der Waals surface area contributed by atoms with Gasteiger partial charge in [-0.1, -0.05) is 36.4 Å².